The summed E-state index contributed by atoms with van der Waals surface area (Å²) >= 11 is 0. The van der Waals surface area contributed by atoms with Gasteiger partial charge in [-0.15, -0.1) is 0 Å². The van der Waals surface area contributed by atoms with Crippen LogP contribution in [0.2, 0.25) is 0 Å². The average molecular weight is 349 g/mol. The highest BCUT2D eigenvalue weighted by molar-refractivity contribution is 5.78. The van der Waals surface area contributed by atoms with E-state index >= 15 is 0 Å². The highest BCUT2D eigenvalue weighted by Crippen LogP contribution is 2.19. The van der Waals surface area contributed by atoms with Gasteiger partial charge in [-0.25, -0.2) is 0 Å². The minimum Gasteiger partial charge on any atom is -0.303 e. The van der Waals surface area contributed by atoms with Gasteiger partial charge in [0, 0.05) is 42.8 Å². The summed E-state index contributed by atoms with van der Waals surface area (Å²) in [6.07, 6.45) is 7.29. The van der Waals surface area contributed by atoms with Crippen molar-refractivity contribution in [2.75, 3.05) is 26.7 Å². The molecule has 2 aromatic heterocycles. The van der Waals surface area contributed by atoms with Crippen LogP contribution >= 0.6 is 0 Å². The number of likely N-dealkylation sites (tertiary alicyclic amines) is 1. The number of fused-ring (bicyclic) bond motifs is 1. The van der Waals surface area contributed by atoms with Gasteiger partial charge >= 0.3 is 0 Å². The molecule has 1 fully saturated rings. The van der Waals surface area contributed by atoms with E-state index < -0.39 is 0 Å². The van der Waals surface area contributed by atoms with Crippen LogP contribution in [-0.4, -0.2) is 57.7 Å². The third-order valence-electron chi connectivity index (χ3n) is 5.53. The van der Waals surface area contributed by atoms with Crippen LogP contribution in [-0.2, 0) is 13.0 Å². The molecule has 1 aliphatic rings. The first-order valence-electron chi connectivity index (χ1n) is 9.52. The second kappa shape index (κ2) is 7.98. The summed E-state index contributed by atoms with van der Waals surface area (Å²) in [6.45, 7) is 4.47. The first kappa shape index (κ1) is 17.2. The molecule has 0 bridgehead atoms. The molecule has 1 N–H and O–H groups in total. The first-order chi connectivity index (χ1) is 12.8. The molecule has 0 unspecified atom stereocenters. The summed E-state index contributed by atoms with van der Waals surface area (Å²) in [5.74, 6) is 0. The van der Waals surface area contributed by atoms with E-state index in [1.807, 2.05) is 18.5 Å². The lowest BCUT2D eigenvalue weighted by Gasteiger charge is -2.36. The molecule has 0 radical (unpaired) electrons. The van der Waals surface area contributed by atoms with Gasteiger partial charge in [0.15, 0.2) is 0 Å². The zero-order valence-electron chi connectivity index (χ0n) is 15.4. The molecule has 26 heavy (non-hydrogen) atoms. The van der Waals surface area contributed by atoms with Crippen LogP contribution < -0.4 is 0 Å². The molecule has 0 aliphatic carbocycles. The minimum absolute atomic E-state index is 0.665. The number of piperidine rings is 1. The second-order valence-corrected chi connectivity index (χ2v) is 7.35. The van der Waals surface area contributed by atoms with Gasteiger partial charge in [-0.3, -0.25) is 15.0 Å². The smallest absolute Gasteiger partial charge is 0.0653 e. The highest BCUT2D eigenvalue weighted by atomic mass is 15.2. The summed E-state index contributed by atoms with van der Waals surface area (Å²) in [6, 6.07) is 13.4. The van der Waals surface area contributed by atoms with Crippen LogP contribution in [0.1, 0.15) is 24.1 Å². The fourth-order valence-corrected chi connectivity index (χ4v) is 3.90. The highest BCUT2D eigenvalue weighted by Gasteiger charge is 2.22. The van der Waals surface area contributed by atoms with Crippen molar-refractivity contribution < 1.29 is 0 Å². The maximum Gasteiger partial charge on any atom is 0.0653 e. The molecule has 5 heteroatoms. The monoisotopic (exact) mass is 349 g/mol. The van der Waals surface area contributed by atoms with E-state index in [-0.39, 0.29) is 0 Å². The van der Waals surface area contributed by atoms with Crippen LogP contribution in [0, 0.1) is 0 Å². The van der Waals surface area contributed by atoms with Crippen LogP contribution in [0.25, 0.3) is 10.9 Å². The van der Waals surface area contributed by atoms with E-state index in [4.69, 9.17) is 0 Å². The zero-order valence-corrected chi connectivity index (χ0v) is 15.4. The Morgan fingerprint density at radius 3 is 2.88 bits per heavy atom. The van der Waals surface area contributed by atoms with Crippen molar-refractivity contribution in [3.63, 3.8) is 0 Å². The average Bonchev–Trinajstić information content (AvgIpc) is 3.15. The number of aromatic amines is 1. The Kier molecular flexibility index (Phi) is 5.27. The Morgan fingerprint density at radius 1 is 1.19 bits per heavy atom. The topological polar surface area (TPSA) is 48.1 Å². The Morgan fingerprint density at radius 2 is 2.08 bits per heavy atom. The lowest BCUT2D eigenvalue weighted by atomic mass is 10.0. The van der Waals surface area contributed by atoms with Gasteiger partial charge in [-0.2, -0.15) is 5.10 Å². The van der Waals surface area contributed by atoms with Crippen molar-refractivity contribution in [3.8, 4) is 0 Å². The second-order valence-electron chi connectivity index (χ2n) is 7.35. The molecular weight excluding hydrogens is 322 g/mol. The Balaban J connectivity index is 1.25. The van der Waals surface area contributed by atoms with E-state index in [2.05, 4.69) is 62.4 Å². The number of nitrogens with one attached hydrogen (secondary N) is 1. The van der Waals surface area contributed by atoms with Crippen LogP contribution in [0.15, 0.2) is 48.8 Å². The molecule has 0 spiro atoms. The summed E-state index contributed by atoms with van der Waals surface area (Å²) < 4.78 is 0. The maximum absolute atomic E-state index is 4.43. The number of hydrogen-bond acceptors (Lipinski definition) is 4. The number of aromatic nitrogens is 3. The number of H-pyrrole nitrogens is 1. The number of benzene rings is 1. The summed E-state index contributed by atoms with van der Waals surface area (Å²) in [4.78, 5) is 9.52. The van der Waals surface area contributed by atoms with Crippen molar-refractivity contribution in [2.24, 2.45) is 0 Å². The third kappa shape index (κ3) is 4.11. The van der Waals surface area contributed by atoms with Crippen LogP contribution in [0.3, 0.4) is 0 Å². The third-order valence-corrected chi connectivity index (χ3v) is 5.53. The van der Waals surface area contributed by atoms with Gasteiger partial charge in [0.2, 0.25) is 0 Å². The quantitative estimate of drug-likeness (QED) is 0.743. The van der Waals surface area contributed by atoms with Gasteiger partial charge in [0.25, 0.3) is 0 Å². The Bertz CT molecular complexity index is 821. The largest absolute Gasteiger partial charge is 0.303 e. The SMILES string of the molecule is CN(Cc1ccc2cn[nH]c2c1)C1CCN(CCc2ccccn2)CC1. The molecule has 136 valence electrons. The van der Waals surface area contributed by atoms with Gasteiger partial charge in [-0.05, 0) is 56.7 Å². The van der Waals surface area contributed by atoms with Gasteiger partial charge < -0.3 is 4.90 Å². The predicted octanol–water partition coefficient (Wildman–Crippen LogP) is 3.10. The molecular formula is C21H27N5. The summed E-state index contributed by atoms with van der Waals surface area (Å²) in [5.41, 5.74) is 3.67. The van der Waals surface area contributed by atoms with Gasteiger partial charge in [-0.1, -0.05) is 18.2 Å². The lowest BCUT2D eigenvalue weighted by Crippen LogP contribution is -2.43. The number of hydrogen-bond donors (Lipinski definition) is 1. The van der Waals surface area contributed by atoms with Crippen LogP contribution in [0.5, 0.6) is 0 Å². The molecule has 1 aliphatic heterocycles. The lowest BCUT2D eigenvalue weighted by molar-refractivity contribution is 0.124. The summed E-state index contributed by atoms with van der Waals surface area (Å²) in [5, 5.41) is 8.35. The number of nitrogens with zero attached hydrogens (tertiary/aromatic N) is 4. The van der Waals surface area contributed by atoms with E-state index in [1.54, 1.807) is 0 Å². The van der Waals surface area contributed by atoms with Crippen molar-refractivity contribution in [1.29, 1.82) is 0 Å². The van der Waals surface area contributed by atoms with Crippen molar-refractivity contribution in [1.82, 2.24) is 25.0 Å². The van der Waals surface area contributed by atoms with E-state index in [0.29, 0.717) is 6.04 Å². The molecule has 5 nitrogen and oxygen atoms in total. The fraction of sp³-hybridized carbons (Fsp3) is 0.429. The van der Waals surface area contributed by atoms with Crippen molar-refractivity contribution >= 4 is 10.9 Å². The fourth-order valence-electron chi connectivity index (χ4n) is 3.90. The van der Waals surface area contributed by atoms with Gasteiger partial charge in [0.1, 0.15) is 0 Å². The van der Waals surface area contributed by atoms with Crippen molar-refractivity contribution in [3.05, 3.63) is 60.0 Å². The molecule has 0 atom stereocenters. The molecule has 0 amide bonds. The summed E-state index contributed by atoms with van der Waals surface area (Å²) in [7, 11) is 2.26. The molecule has 4 rings (SSSR count). The molecule has 3 aromatic rings. The maximum atomic E-state index is 4.43. The number of rotatable bonds is 6. The van der Waals surface area contributed by atoms with Crippen LogP contribution in [0.4, 0.5) is 0 Å². The minimum atomic E-state index is 0.665. The van der Waals surface area contributed by atoms with E-state index in [9.17, 15) is 0 Å². The van der Waals surface area contributed by atoms with Crippen molar-refractivity contribution in [2.45, 2.75) is 31.8 Å². The molecule has 0 saturated carbocycles. The standard InChI is InChI=1S/C21H27N5/c1-25(16-17-5-6-18-15-23-24-21(18)14-17)20-8-12-26(13-9-20)11-7-19-4-2-3-10-22-19/h2-6,10,14-15,20H,7-9,11-13,16H2,1H3,(H,23,24). The van der Waals surface area contributed by atoms with Gasteiger partial charge in [0.05, 0.1) is 11.7 Å². The molecule has 1 aromatic carbocycles. The molecule has 3 heterocycles. The van der Waals surface area contributed by atoms with E-state index in [0.717, 1.165) is 25.0 Å². The van der Waals surface area contributed by atoms with E-state index in [1.165, 1.54) is 42.6 Å². The first-order valence-corrected chi connectivity index (χ1v) is 9.52. The Hall–Kier alpha value is -2.24. The number of pyridine rings is 1. The molecule has 1 saturated heterocycles. The normalized spacial score (nSPS) is 16.5. The Labute approximate surface area is 155 Å². The zero-order chi connectivity index (χ0) is 17.8. The predicted molar refractivity (Wildman–Crippen MR) is 105 cm³/mol.